The minimum Gasteiger partial charge on any atom is -0.365 e. The van der Waals surface area contributed by atoms with Crippen molar-refractivity contribution in [2.45, 2.75) is 45.8 Å². The van der Waals surface area contributed by atoms with Gasteiger partial charge in [0.15, 0.2) is 11.6 Å². The molecule has 138 valence electrons. The third-order valence-electron chi connectivity index (χ3n) is 4.62. The number of nitrogens with one attached hydrogen (secondary N) is 1. The lowest BCUT2D eigenvalue weighted by Crippen LogP contribution is -2.32. The maximum absolute atomic E-state index is 12.9. The maximum atomic E-state index is 12.9. The van der Waals surface area contributed by atoms with E-state index in [0.29, 0.717) is 24.7 Å². The van der Waals surface area contributed by atoms with Gasteiger partial charge in [0.25, 0.3) is 0 Å². The van der Waals surface area contributed by atoms with E-state index in [9.17, 15) is 4.79 Å². The molecule has 0 spiro atoms. The van der Waals surface area contributed by atoms with Gasteiger partial charge in [-0.05, 0) is 47.6 Å². The summed E-state index contributed by atoms with van der Waals surface area (Å²) in [6.07, 6.45) is 1.85. The monoisotopic (exact) mass is 485 g/mol. The third-order valence-corrected chi connectivity index (χ3v) is 5.29. The molecule has 0 bridgehead atoms. The predicted molar refractivity (Wildman–Crippen MR) is 114 cm³/mol. The van der Waals surface area contributed by atoms with Gasteiger partial charge in [-0.15, -0.1) is 12.4 Å². The average molecular weight is 486 g/mol. The molecule has 0 amide bonds. The van der Waals surface area contributed by atoms with Crippen LogP contribution < -0.4 is 11.0 Å². The van der Waals surface area contributed by atoms with Crippen molar-refractivity contribution in [3.05, 3.63) is 38.3 Å². The van der Waals surface area contributed by atoms with Gasteiger partial charge in [0.05, 0.1) is 0 Å². The molecule has 1 aromatic carbocycles. The standard InChI is InChI=1S/C18H20IN5O.ClH/c1-3-8-23-17-14(16-20-13(4-2)10-24(16)18(23)25)21-15(22-17)11-6-5-7-12(19)9-11;/h5-7,9,13,20H,3-4,8,10H2,1-2H3;1H. The molecule has 0 fully saturated rings. The molecule has 8 heteroatoms. The number of imidazole rings is 1. The lowest BCUT2D eigenvalue weighted by molar-refractivity contribution is 0.556. The summed E-state index contributed by atoms with van der Waals surface area (Å²) in [5.74, 6) is 2.16. The van der Waals surface area contributed by atoms with E-state index in [2.05, 4.69) is 47.8 Å². The van der Waals surface area contributed by atoms with Crippen LogP contribution >= 0.6 is 35.0 Å². The summed E-state index contributed by atoms with van der Waals surface area (Å²) in [7, 11) is 0. The lowest BCUT2D eigenvalue weighted by atomic mass is 10.2. The van der Waals surface area contributed by atoms with E-state index in [0.717, 1.165) is 33.5 Å². The quantitative estimate of drug-likeness (QED) is 0.570. The molecule has 0 saturated carbocycles. The minimum absolute atomic E-state index is 0. The number of rotatable bonds is 4. The van der Waals surface area contributed by atoms with E-state index in [4.69, 9.17) is 9.97 Å². The van der Waals surface area contributed by atoms with Gasteiger partial charge in [-0.3, -0.25) is 9.13 Å². The zero-order chi connectivity index (χ0) is 17.6. The minimum atomic E-state index is 0. The summed E-state index contributed by atoms with van der Waals surface area (Å²) in [6, 6.07) is 8.38. The molecule has 3 heterocycles. The van der Waals surface area contributed by atoms with Gasteiger partial charge >= 0.3 is 5.69 Å². The van der Waals surface area contributed by atoms with Crippen molar-refractivity contribution in [3.63, 3.8) is 0 Å². The molecule has 0 radical (unpaired) electrons. The SMILES string of the molecule is CCCn1c2nc(-c3cccc(I)c3)nc-2c2n(c1=O)CC(CC)N2.Cl. The van der Waals surface area contributed by atoms with Gasteiger partial charge in [0.2, 0.25) is 0 Å². The topological polar surface area (TPSA) is 64.7 Å². The molecule has 0 saturated heterocycles. The molecule has 6 nitrogen and oxygen atoms in total. The Morgan fingerprint density at radius 1 is 1.31 bits per heavy atom. The maximum Gasteiger partial charge on any atom is 0.331 e. The Hall–Kier alpha value is -1.61. The molecule has 1 N–H and O–H groups in total. The zero-order valence-corrected chi connectivity index (χ0v) is 17.7. The van der Waals surface area contributed by atoms with Crippen LogP contribution in [0, 0.1) is 3.57 Å². The Morgan fingerprint density at radius 2 is 2.12 bits per heavy atom. The molecule has 1 unspecified atom stereocenters. The van der Waals surface area contributed by atoms with Crippen LogP contribution in [0.1, 0.15) is 26.7 Å². The Balaban J connectivity index is 0.00000196. The largest absolute Gasteiger partial charge is 0.365 e. The highest BCUT2D eigenvalue weighted by molar-refractivity contribution is 14.1. The molecule has 3 aliphatic heterocycles. The summed E-state index contributed by atoms with van der Waals surface area (Å²) in [4.78, 5) is 22.5. The molecule has 4 rings (SSSR count). The third kappa shape index (κ3) is 3.11. The van der Waals surface area contributed by atoms with Crippen molar-refractivity contribution >= 4 is 40.8 Å². The van der Waals surface area contributed by atoms with Gasteiger partial charge < -0.3 is 5.32 Å². The van der Waals surface area contributed by atoms with Crippen molar-refractivity contribution < 1.29 is 0 Å². The van der Waals surface area contributed by atoms with E-state index >= 15 is 0 Å². The number of benzene rings is 1. The first-order valence-corrected chi connectivity index (χ1v) is 9.73. The van der Waals surface area contributed by atoms with Crippen molar-refractivity contribution in [1.29, 1.82) is 0 Å². The van der Waals surface area contributed by atoms with Crippen LogP contribution in [0.15, 0.2) is 29.1 Å². The molecule has 3 aliphatic rings. The second kappa shape index (κ2) is 7.56. The fraction of sp³-hybridized carbons (Fsp3) is 0.389. The van der Waals surface area contributed by atoms with E-state index < -0.39 is 0 Å². The van der Waals surface area contributed by atoms with Gasteiger partial charge in [-0.2, -0.15) is 0 Å². The molecule has 0 aromatic heterocycles. The Kier molecular flexibility index (Phi) is 5.57. The first kappa shape index (κ1) is 19.2. The van der Waals surface area contributed by atoms with Crippen molar-refractivity contribution in [2.75, 3.05) is 5.32 Å². The van der Waals surface area contributed by atoms with E-state index in [-0.39, 0.29) is 24.1 Å². The van der Waals surface area contributed by atoms with Crippen LogP contribution in [0.2, 0.25) is 0 Å². The van der Waals surface area contributed by atoms with E-state index in [1.807, 2.05) is 22.8 Å². The molecule has 1 atom stereocenters. The number of hydrogen-bond donors (Lipinski definition) is 1. The normalized spacial score (nSPS) is 15.6. The Morgan fingerprint density at radius 3 is 2.81 bits per heavy atom. The number of halogens is 2. The fourth-order valence-electron chi connectivity index (χ4n) is 3.33. The molecule has 26 heavy (non-hydrogen) atoms. The number of hydrogen-bond acceptors (Lipinski definition) is 4. The second-order valence-electron chi connectivity index (χ2n) is 6.37. The van der Waals surface area contributed by atoms with Crippen LogP contribution in [-0.2, 0) is 13.1 Å². The second-order valence-corrected chi connectivity index (χ2v) is 7.62. The Labute approximate surface area is 171 Å². The van der Waals surface area contributed by atoms with E-state index in [1.54, 1.807) is 4.57 Å². The van der Waals surface area contributed by atoms with Crippen LogP contribution in [0.4, 0.5) is 5.82 Å². The first-order chi connectivity index (χ1) is 12.1. The molecule has 0 aliphatic carbocycles. The number of aromatic nitrogens is 4. The van der Waals surface area contributed by atoms with Crippen molar-refractivity contribution in [1.82, 2.24) is 19.1 Å². The highest BCUT2D eigenvalue weighted by Crippen LogP contribution is 2.33. The highest BCUT2D eigenvalue weighted by atomic mass is 127. The van der Waals surface area contributed by atoms with Crippen LogP contribution in [0.3, 0.4) is 0 Å². The summed E-state index contributed by atoms with van der Waals surface area (Å²) in [5, 5.41) is 3.46. The summed E-state index contributed by atoms with van der Waals surface area (Å²) in [5.41, 5.74) is 1.77. The summed E-state index contributed by atoms with van der Waals surface area (Å²) in [6.45, 7) is 5.53. The van der Waals surface area contributed by atoms with Crippen molar-refractivity contribution in [2.24, 2.45) is 0 Å². The number of nitrogens with zero attached hydrogens (tertiary/aromatic N) is 4. The van der Waals surface area contributed by atoms with E-state index in [1.165, 1.54) is 0 Å². The van der Waals surface area contributed by atoms with Crippen LogP contribution in [0.5, 0.6) is 0 Å². The number of anilines is 1. The molecule has 1 aromatic rings. The predicted octanol–water partition coefficient (Wildman–Crippen LogP) is 3.85. The highest BCUT2D eigenvalue weighted by Gasteiger charge is 2.31. The summed E-state index contributed by atoms with van der Waals surface area (Å²) >= 11 is 2.29. The molecular formula is C18H21ClIN5O. The fourth-order valence-corrected chi connectivity index (χ4v) is 3.87. The first-order valence-electron chi connectivity index (χ1n) is 8.66. The lowest BCUT2D eigenvalue weighted by Gasteiger charge is -2.13. The van der Waals surface area contributed by atoms with Gasteiger partial charge in [0.1, 0.15) is 11.5 Å². The van der Waals surface area contributed by atoms with Gasteiger partial charge in [-0.1, -0.05) is 26.0 Å². The Bertz CT molecular complexity index is 967. The average Bonchev–Trinajstić information content (AvgIpc) is 3.23. The van der Waals surface area contributed by atoms with Gasteiger partial charge in [-0.25, -0.2) is 14.8 Å². The van der Waals surface area contributed by atoms with Crippen LogP contribution in [-0.4, -0.2) is 25.1 Å². The smallest absolute Gasteiger partial charge is 0.331 e. The van der Waals surface area contributed by atoms with Crippen LogP contribution in [0.25, 0.3) is 22.9 Å². The molecular weight excluding hydrogens is 465 g/mol. The van der Waals surface area contributed by atoms with Crippen molar-refractivity contribution in [3.8, 4) is 22.9 Å². The van der Waals surface area contributed by atoms with Gasteiger partial charge in [0, 0.05) is 28.3 Å². The zero-order valence-electron chi connectivity index (χ0n) is 14.7. The summed E-state index contributed by atoms with van der Waals surface area (Å²) < 4.78 is 4.72. The number of fused-ring (bicyclic) bond motifs is 3.